The molecule has 1 saturated heterocycles. The molecule has 28 heavy (non-hydrogen) atoms. The zero-order chi connectivity index (χ0) is 19.4. The summed E-state index contributed by atoms with van der Waals surface area (Å²) in [6.07, 6.45) is 7.33. The average molecular weight is 377 g/mol. The Hall–Kier alpha value is -2.43. The van der Waals surface area contributed by atoms with Crippen molar-refractivity contribution in [1.82, 2.24) is 14.9 Å². The van der Waals surface area contributed by atoms with Crippen LogP contribution in [0.5, 0.6) is 5.88 Å². The maximum absolute atomic E-state index is 13.4. The summed E-state index contributed by atoms with van der Waals surface area (Å²) in [5.41, 5.74) is 2.17. The van der Waals surface area contributed by atoms with E-state index in [0.717, 1.165) is 37.9 Å². The lowest BCUT2D eigenvalue weighted by Gasteiger charge is -2.69. The van der Waals surface area contributed by atoms with Gasteiger partial charge in [0.25, 0.3) is 0 Å². The first-order valence-electron chi connectivity index (χ1n) is 10.3. The maximum Gasteiger partial charge on any atom is 0.232 e. The van der Waals surface area contributed by atoms with Crippen LogP contribution in [0.15, 0.2) is 42.7 Å². The van der Waals surface area contributed by atoms with E-state index in [4.69, 9.17) is 4.74 Å². The molecular formula is C23H27N3O2. The maximum atomic E-state index is 13.4. The van der Waals surface area contributed by atoms with E-state index in [1.807, 2.05) is 13.0 Å². The van der Waals surface area contributed by atoms with Crippen LogP contribution in [-0.4, -0.2) is 33.9 Å². The number of likely N-dealkylation sites (tertiary alicyclic amines) is 1. The number of aryl methyl sites for hydroxylation is 1. The topological polar surface area (TPSA) is 55.3 Å². The number of hydrogen-bond acceptors (Lipinski definition) is 4. The third kappa shape index (κ3) is 2.71. The van der Waals surface area contributed by atoms with Gasteiger partial charge in [-0.15, -0.1) is 0 Å². The third-order valence-corrected chi connectivity index (χ3v) is 6.98. The van der Waals surface area contributed by atoms with Crippen molar-refractivity contribution < 1.29 is 9.53 Å². The fourth-order valence-electron chi connectivity index (χ4n) is 5.70. The minimum absolute atomic E-state index is 0.139. The van der Waals surface area contributed by atoms with Crippen molar-refractivity contribution in [2.45, 2.75) is 45.6 Å². The molecule has 1 aromatic heterocycles. The Bertz CT molecular complexity index is 861. The van der Waals surface area contributed by atoms with Crippen molar-refractivity contribution in [3.63, 3.8) is 0 Å². The number of benzene rings is 1. The molecule has 3 saturated carbocycles. The van der Waals surface area contributed by atoms with E-state index < -0.39 is 0 Å². The first-order chi connectivity index (χ1) is 13.5. The smallest absolute Gasteiger partial charge is 0.232 e. The van der Waals surface area contributed by atoms with Crippen molar-refractivity contribution in [2.24, 2.45) is 16.7 Å². The van der Waals surface area contributed by atoms with Crippen LogP contribution in [0.2, 0.25) is 0 Å². The lowest BCUT2D eigenvalue weighted by molar-refractivity contribution is -0.226. The van der Waals surface area contributed by atoms with Crippen LogP contribution < -0.4 is 4.74 Å². The zero-order valence-electron chi connectivity index (χ0n) is 16.6. The van der Waals surface area contributed by atoms with Crippen molar-refractivity contribution in [3.05, 3.63) is 54.0 Å². The van der Waals surface area contributed by atoms with Crippen LogP contribution in [0.25, 0.3) is 0 Å². The summed E-state index contributed by atoms with van der Waals surface area (Å²) in [5, 5.41) is 0. The molecule has 5 nitrogen and oxygen atoms in total. The van der Waals surface area contributed by atoms with Crippen LogP contribution in [0.1, 0.15) is 49.9 Å². The summed E-state index contributed by atoms with van der Waals surface area (Å²) in [6.45, 7) is 5.70. The third-order valence-electron chi connectivity index (χ3n) is 6.98. The summed E-state index contributed by atoms with van der Waals surface area (Å²) in [7, 11) is 0. The van der Waals surface area contributed by atoms with Crippen molar-refractivity contribution >= 4 is 5.91 Å². The molecule has 4 fully saturated rings. The number of hydrogen-bond donors (Lipinski definition) is 0. The summed E-state index contributed by atoms with van der Waals surface area (Å²) in [6, 6.07) is 10.7. The lowest BCUT2D eigenvalue weighted by Crippen LogP contribution is -2.69. The monoisotopic (exact) mass is 377 g/mol. The van der Waals surface area contributed by atoms with Crippen molar-refractivity contribution in [1.29, 1.82) is 0 Å². The van der Waals surface area contributed by atoms with Crippen molar-refractivity contribution in [2.75, 3.05) is 13.2 Å². The normalized spacial score (nSPS) is 33.1. The van der Waals surface area contributed by atoms with Gasteiger partial charge in [-0.25, -0.2) is 4.98 Å². The van der Waals surface area contributed by atoms with Gasteiger partial charge in [0.2, 0.25) is 11.8 Å². The molecule has 4 aliphatic rings. The van der Waals surface area contributed by atoms with Gasteiger partial charge in [-0.05, 0) is 44.1 Å². The van der Waals surface area contributed by atoms with Gasteiger partial charge in [0.1, 0.15) is 0 Å². The Labute approximate surface area is 166 Å². The second-order valence-electron chi connectivity index (χ2n) is 9.22. The molecule has 0 N–H and O–H groups in total. The van der Waals surface area contributed by atoms with Crippen LogP contribution >= 0.6 is 0 Å². The number of aromatic nitrogens is 2. The van der Waals surface area contributed by atoms with Gasteiger partial charge < -0.3 is 9.64 Å². The first-order valence-corrected chi connectivity index (χ1v) is 10.3. The van der Waals surface area contributed by atoms with Gasteiger partial charge in [-0.1, -0.05) is 37.3 Å². The van der Waals surface area contributed by atoms with E-state index in [9.17, 15) is 4.79 Å². The summed E-state index contributed by atoms with van der Waals surface area (Å²) < 4.78 is 5.87. The fourth-order valence-corrected chi connectivity index (χ4v) is 5.70. The fraction of sp³-hybridized carbons (Fsp3) is 0.522. The van der Waals surface area contributed by atoms with E-state index in [2.05, 4.69) is 46.1 Å². The molecular weight excluding hydrogens is 350 g/mol. The Morgan fingerprint density at radius 1 is 1.18 bits per heavy atom. The van der Waals surface area contributed by atoms with Crippen LogP contribution in [0.4, 0.5) is 0 Å². The van der Waals surface area contributed by atoms with Gasteiger partial charge in [-0.3, -0.25) is 9.78 Å². The molecule has 2 unspecified atom stereocenters. The number of rotatable bonds is 5. The minimum atomic E-state index is -0.139. The lowest BCUT2D eigenvalue weighted by atomic mass is 9.35. The second kappa shape index (κ2) is 6.29. The molecule has 5 heteroatoms. The van der Waals surface area contributed by atoms with E-state index in [-0.39, 0.29) is 16.9 Å². The molecule has 146 valence electrons. The van der Waals surface area contributed by atoms with Gasteiger partial charge in [0, 0.05) is 12.0 Å². The molecule has 0 spiro atoms. The van der Waals surface area contributed by atoms with Gasteiger partial charge in [0.05, 0.1) is 36.2 Å². The predicted octanol–water partition coefficient (Wildman–Crippen LogP) is 3.94. The molecule has 1 aliphatic heterocycles. The standard InChI is InChI=1S/C23H27N3O2/c1-16-8-9-26(20(16)18-6-4-3-5-7-18)21(27)23-12-22(13-23,14-23)15-28-19-11-24-17(2)10-25-19/h3-7,10-11,16,20H,8-9,12-15H2,1-2H3. The Balaban J connectivity index is 1.23. The Morgan fingerprint density at radius 2 is 1.93 bits per heavy atom. The average Bonchev–Trinajstić information content (AvgIpc) is 3.03. The van der Waals surface area contributed by atoms with E-state index in [1.165, 1.54) is 5.56 Å². The van der Waals surface area contributed by atoms with E-state index >= 15 is 0 Å². The Kier molecular flexibility index (Phi) is 3.97. The predicted molar refractivity (Wildman–Crippen MR) is 106 cm³/mol. The first kappa shape index (κ1) is 17.7. The van der Waals surface area contributed by atoms with Crippen molar-refractivity contribution in [3.8, 4) is 5.88 Å². The number of amides is 1. The summed E-state index contributed by atoms with van der Waals surface area (Å²) in [5.74, 6) is 1.45. The molecule has 2 bridgehead atoms. The van der Waals surface area contributed by atoms with Crippen LogP contribution in [0, 0.1) is 23.7 Å². The van der Waals surface area contributed by atoms with Gasteiger partial charge in [-0.2, -0.15) is 0 Å². The molecule has 2 heterocycles. The van der Waals surface area contributed by atoms with Gasteiger partial charge in [0.15, 0.2) is 0 Å². The summed E-state index contributed by atoms with van der Waals surface area (Å²) in [4.78, 5) is 24.1. The molecule has 1 amide bonds. The number of carbonyl (C=O) groups is 1. The number of nitrogens with zero attached hydrogens (tertiary/aromatic N) is 3. The molecule has 3 aliphatic carbocycles. The largest absolute Gasteiger partial charge is 0.476 e. The van der Waals surface area contributed by atoms with E-state index in [1.54, 1.807) is 12.4 Å². The number of ether oxygens (including phenoxy) is 1. The zero-order valence-corrected chi connectivity index (χ0v) is 16.6. The molecule has 6 rings (SSSR count). The molecule has 2 aromatic rings. The quantitative estimate of drug-likeness (QED) is 0.792. The minimum Gasteiger partial charge on any atom is -0.476 e. The van der Waals surface area contributed by atoms with Crippen LogP contribution in [0.3, 0.4) is 0 Å². The number of carbonyl (C=O) groups excluding carboxylic acids is 1. The van der Waals surface area contributed by atoms with E-state index in [0.29, 0.717) is 24.3 Å². The Morgan fingerprint density at radius 3 is 2.61 bits per heavy atom. The summed E-state index contributed by atoms with van der Waals surface area (Å²) >= 11 is 0. The highest BCUT2D eigenvalue weighted by Gasteiger charge is 2.72. The second-order valence-corrected chi connectivity index (χ2v) is 9.22. The van der Waals surface area contributed by atoms with Gasteiger partial charge >= 0.3 is 0 Å². The highest BCUT2D eigenvalue weighted by atomic mass is 16.5. The molecule has 0 radical (unpaired) electrons. The highest BCUT2D eigenvalue weighted by molar-refractivity contribution is 5.87. The highest BCUT2D eigenvalue weighted by Crippen LogP contribution is 2.74. The molecule has 2 atom stereocenters. The van der Waals surface area contributed by atoms with Crippen LogP contribution in [-0.2, 0) is 4.79 Å². The molecule has 1 aromatic carbocycles. The SMILES string of the molecule is Cc1cnc(OCC23CC(C(=O)N4CCC(C)C4c4ccccc4)(C2)C3)cn1.